The van der Waals surface area contributed by atoms with Crippen LogP contribution in [-0.4, -0.2) is 21.5 Å². The minimum absolute atomic E-state index is 0.0732. The van der Waals surface area contributed by atoms with Crippen molar-refractivity contribution < 1.29 is 9.59 Å². The lowest BCUT2D eigenvalue weighted by Crippen LogP contribution is -2.19. The van der Waals surface area contributed by atoms with Crippen LogP contribution in [0.2, 0.25) is 0 Å². The third-order valence-corrected chi connectivity index (χ3v) is 9.78. The number of hydrogen-bond acceptors (Lipinski definition) is 5. The standard InChI is InChI=1S/C33H32N4O2S2/c1-19-14-15-26(20(2)16-19)35-33-36-30(38)28(41-33)18-23-17-21(3)37(22(23)4)32-29(25-12-8-9-13-27(25)40-32)31(39)34-24-10-6-5-7-11-24/h5-7,10-11,14-18H,8-9,12-13H2,1-4H3,(H,34,39)(H,35,36,38)/b28-18-. The van der Waals surface area contributed by atoms with E-state index >= 15 is 0 Å². The van der Waals surface area contributed by atoms with Crippen molar-refractivity contribution in [1.29, 1.82) is 0 Å². The Morgan fingerprint density at radius 1 is 1.02 bits per heavy atom. The van der Waals surface area contributed by atoms with E-state index < -0.39 is 0 Å². The van der Waals surface area contributed by atoms with Crippen molar-refractivity contribution in [3.8, 4) is 5.00 Å². The summed E-state index contributed by atoms with van der Waals surface area (Å²) in [4.78, 5) is 33.2. The van der Waals surface area contributed by atoms with E-state index in [0.29, 0.717) is 10.1 Å². The summed E-state index contributed by atoms with van der Waals surface area (Å²) in [6.45, 7) is 8.19. The van der Waals surface area contributed by atoms with Crippen LogP contribution in [0.5, 0.6) is 0 Å². The lowest BCUT2D eigenvalue weighted by atomic mass is 9.95. The Morgan fingerprint density at radius 2 is 1.80 bits per heavy atom. The number of fused-ring (bicyclic) bond motifs is 1. The molecule has 0 unspecified atom stereocenters. The number of amides is 2. The molecule has 0 atom stereocenters. The highest BCUT2D eigenvalue weighted by molar-refractivity contribution is 8.18. The predicted octanol–water partition coefficient (Wildman–Crippen LogP) is 7.80. The predicted molar refractivity (Wildman–Crippen MR) is 171 cm³/mol. The molecule has 6 rings (SSSR count). The molecule has 1 aliphatic carbocycles. The first kappa shape index (κ1) is 27.3. The number of aliphatic imine (C=N–C) groups is 1. The lowest BCUT2D eigenvalue weighted by molar-refractivity contribution is -0.115. The third-order valence-electron chi connectivity index (χ3n) is 7.60. The minimum Gasteiger partial charge on any atom is -0.322 e. The van der Waals surface area contributed by atoms with Crippen LogP contribution >= 0.6 is 23.1 Å². The Hall–Kier alpha value is -3.88. The number of benzene rings is 2. The summed E-state index contributed by atoms with van der Waals surface area (Å²) in [5.41, 5.74) is 8.80. The van der Waals surface area contributed by atoms with Crippen LogP contribution in [0.3, 0.4) is 0 Å². The monoisotopic (exact) mass is 580 g/mol. The van der Waals surface area contributed by atoms with Gasteiger partial charge in [-0.3, -0.25) is 9.59 Å². The highest BCUT2D eigenvalue weighted by Crippen LogP contribution is 2.40. The van der Waals surface area contributed by atoms with E-state index in [2.05, 4.69) is 48.1 Å². The van der Waals surface area contributed by atoms with Crippen LogP contribution in [0.4, 0.5) is 11.4 Å². The number of aryl methyl sites for hydroxylation is 4. The van der Waals surface area contributed by atoms with E-state index in [-0.39, 0.29) is 11.8 Å². The number of carbonyl (C=O) groups excluding carboxylic acids is 2. The molecule has 1 aliphatic heterocycles. The molecule has 208 valence electrons. The fourth-order valence-corrected chi connectivity index (χ4v) is 7.89. The van der Waals surface area contributed by atoms with Gasteiger partial charge in [0.25, 0.3) is 11.8 Å². The summed E-state index contributed by atoms with van der Waals surface area (Å²) in [7, 11) is 0. The zero-order chi connectivity index (χ0) is 28.7. The van der Waals surface area contributed by atoms with Gasteiger partial charge in [0.2, 0.25) is 0 Å². The molecule has 0 bridgehead atoms. The number of para-hydroxylation sites is 1. The third kappa shape index (κ3) is 5.42. The van der Waals surface area contributed by atoms with Gasteiger partial charge < -0.3 is 15.2 Å². The smallest absolute Gasteiger partial charge is 0.264 e. The zero-order valence-corrected chi connectivity index (χ0v) is 25.3. The number of nitrogens with zero attached hydrogens (tertiary/aromatic N) is 2. The zero-order valence-electron chi connectivity index (χ0n) is 23.6. The number of thioether (sulfide) groups is 1. The summed E-state index contributed by atoms with van der Waals surface area (Å²) in [5, 5.41) is 7.56. The number of rotatable bonds is 5. The van der Waals surface area contributed by atoms with Crippen molar-refractivity contribution in [3.05, 3.63) is 104 Å². The van der Waals surface area contributed by atoms with Gasteiger partial charge in [-0.15, -0.1) is 11.3 Å². The molecule has 1 saturated heterocycles. The van der Waals surface area contributed by atoms with Gasteiger partial charge in [-0.2, -0.15) is 0 Å². The van der Waals surface area contributed by atoms with E-state index in [9.17, 15) is 9.59 Å². The molecular formula is C33H32N4O2S2. The van der Waals surface area contributed by atoms with E-state index in [1.807, 2.05) is 55.5 Å². The number of thiophene rings is 1. The first-order valence-corrected chi connectivity index (χ1v) is 15.5. The minimum atomic E-state index is -0.155. The fraction of sp³-hybridized carbons (Fsp3) is 0.242. The molecule has 8 heteroatoms. The number of amidine groups is 1. The maximum atomic E-state index is 13.7. The molecule has 2 aromatic carbocycles. The molecular weight excluding hydrogens is 549 g/mol. The lowest BCUT2D eigenvalue weighted by Gasteiger charge is -2.14. The number of nitrogens with one attached hydrogen (secondary N) is 2. The Labute approximate surface area is 248 Å². The second-order valence-electron chi connectivity index (χ2n) is 10.6. The number of anilines is 1. The first-order chi connectivity index (χ1) is 19.8. The molecule has 0 saturated carbocycles. The Bertz CT molecular complexity index is 1740. The fourth-order valence-electron chi connectivity index (χ4n) is 5.57. The average Bonchev–Trinajstić information content (AvgIpc) is 3.58. The number of carbonyl (C=O) groups is 2. The van der Waals surface area contributed by atoms with Crippen molar-refractivity contribution in [2.75, 3.05) is 5.32 Å². The Morgan fingerprint density at radius 3 is 2.59 bits per heavy atom. The van der Waals surface area contributed by atoms with Gasteiger partial charge in [0, 0.05) is 22.0 Å². The van der Waals surface area contributed by atoms with Crippen LogP contribution in [-0.2, 0) is 17.6 Å². The first-order valence-electron chi connectivity index (χ1n) is 13.9. The molecule has 1 fully saturated rings. The van der Waals surface area contributed by atoms with Gasteiger partial charge in [-0.1, -0.05) is 35.9 Å². The maximum absolute atomic E-state index is 13.7. The van der Waals surface area contributed by atoms with Gasteiger partial charge in [0.05, 0.1) is 16.2 Å². The second-order valence-corrected chi connectivity index (χ2v) is 12.8. The van der Waals surface area contributed by atoms with Crippen molar-refractivity contribution in [1.82, 2.24) is 9.88 Å². The SMILES string of the molecule is Cc1ccc(N=C2NC(=O)/C(=C/c3cc(C)n(-c4sc5c(c4C(=O)Nc4ccccc4)CCCC5)c3C)S2)c(C)c1. The van der Waals surface area contributed by atoms with Gasteiger partial charge in [-0.25, -0.2) is 4.99 Å². The van der Waals surface area contributed by atoms with Crippen LogP contribution in [0.15, 0.2) is 64.5 Å². The van der Waals surface area contributed by atoms with Crippen LogP contribution in [0, 0.1) is 27.7 Å². The van der Waals surface area contributed by atoms with Gasteiger partial charge in [-0.05, 0) is 112 Å². The average molecular weight is 581 g/mol. The summed E-state index contributed by atoms with van der Waals surface area (Å²) in [6.07, 6.45) is 6.08. The van der Waals surface area contributed by atoms with E-state index in [0.717, 1.165) is 70.1 Å². The topological polar surface area (TPSA) is 75.5 Å². The number of hydrogen-bond donors (Lipinski definition) is 2. The van der Waals surface area contributed by atoms with Crippen LogP contribution in [0.1, 0.15) is 61.7 Å². The van der Waals surface area contributed by atoms with E-state index in [1.54, 1.807) is 11.3 Å². The van der Waals surface area contributed by atoms with E-state index in [4.69, 9.17) is 4.99 Å². The Kier molecular flexibility index (Phi) is 7.45. The van der Waals surface area contributed by atoms with Crippen molar-refractivity contribution in [2.45, 2.75) is 53.4 Å². The molecule has 6 nitrogen and oxygen atoms in total. The number of aromatic nitrogens is 1. The molecule has 2 amide bonds. The van der Waals surface area contributed by atoms with Gasteiger partial charge >= 0.3 is 0 Å². The van der Waals surface area contributed by atoms with Crippen LogP contribution < -0.4 is 10.6 Å². The molecule has 2 N–H and O–H groups in total. The summed E-state index contributed by atoms with van der Waals surface area (Å²) < 4.78 is 2.18. The van der Waals surface area contributed by atoms with Gasteiger partial charge in [0.1, 0.15) is 5.00 Å². The molecule has 41 heavy (non-hydrogen) atoms. The second kappa shape index (κ2) is 11.2. The van der Waals surface area contributed by atoms with E-state index in [1.165, 1.54) is 27.8 Å². The molecule has 0 radical (unpaired) electrons. The quantitative estimate of drug-likeness (QED) is 0.237. The highest BCUT2D eigenvalue weighted by Gasteiger charge is 2.29. The normalized spacial score (nSPS) is 16.7. The molecule has 2 aliphatic rings. The Balaban J connectivity index is 1.35. The van der Waals surface area contributed by atoms with Crippen molar-refractivity contribution in [2.24, 2.45) is 4.99 Å². The largest absolute Gasteiger partial charge is 0.322 e. The summed E-state index contributed by atoms with van der Waals surface area (Å²) >= 11 is 3.07. The van der Waals surface area contributed by atoms with Crippen molar-refractivity contribution in [3.63, 3.8) is 0 Å². The summed E-state index contributed by atoms with van der Waals surface area (Å²) in [6, 6.07) is 17.8. The highest BCUT2D eigenvalue weighted by atomic mass is 32.2. The molecule has 4 aromatic rings. The summed E-state index contributed by atoms with van der Waals surface area (Å²) in [5.74, 6) is -0.228. The van der Waals surface area contributed by atoms with Crippen molar-refractivity contribution >= 4 is 57.5 Å². The molecule has 3 heterocycles. The molecule has 2 aromatic heterocycles. The van der Waals surface area contributed by atoms with Gasteiger partial charge in [0.15, 0.2) is 5.17 Å². The van der Waals surface area contributed by atoms with Crippen LogP contribution in [0.25, 0.3) is 11.1 Å². The molecule has 0 spiro atoms. The maximum Gasteiger partial charge on any atom is 0.264 e.